The average Bonchev–Trinajstić information content (AvgIpc) is 2.35. The molecule has 0 aliphatic heterocycles. The average molecular weight is 270 g/mol. The Kier molecular flexibility index (Phi) is 5.05. The van der Waals surface area contributed by atoms with E-state index in [9.17, 15) is 0 Å². The molecule has 17 heavy (non-hydrogen) atoms. The van der Waals surface area contributed by atoms with E-state index in [0.29, 0.717) is 10.7 Å². The van der Waals surface area contributed by atoms with E-state index in [4.69, 9.17) is 17.3 Å². The fraction of sp³-hybridized carbons (Fsp3) is 0.571. The molecule has 1 fully saturated rings. The van der Waals surface area contributed by atoms with Gasteiger partial charge in [-0.05, 0) is 36.3 Å². The molecule has 1 aliphatic rings. The Bertz CT molecular complexity index is 361. The summed E-state index contributed by atoms with van der Waals surface area (Å²) in [4.78, 5) is 1.24. The third-order valence-electron chi connectivity index (χ3n) is 3.49. The van der Waals surface area contributed by atoms with Gasteiger partial charge < -0.3 is 5.73 Å². The summed E-state index contributed by atoms with van der Waals surface area (Å²) in [6.07, 6.45) is 8.52. The van der Waals surface area contributed by atoms with E-state index in [2.05, 4.69) is 6.07 Å². The van der Waals surface area contributed by atoms with E-state index >= 15 is 0 Å². The van der Waals surface area contributed by atoms with Crippen molar-refractivity contribution in [3.05, 3.63) is 23.2 Å². The van der Waals surface area contributed by atoms with Gasteiger partial charge in [-0.15, -0.1) is 11.8 Å². The lowest BCUT2D eigenvalue weighted by atomic mass is 9.88. The summed E-state index contributed by atoms with van der Waals surface area (Å²) in [6, 6.07) is 5.93. The number of halogens is 1. The summed E-state index contributed by atoms with van der Waals surface area (Å²) in [5, 5.41) is 0.674. The second-order valence-corrected chi connectivity index (χ2v) is 6.40. The number of hydrogen-bond donors (Lipinski definition) is 1. The maximum atomic E-state index is 6.00. The monoisotopic (exact) mass is 269 g/mol. The minimum Gasteiger partial charge on any atom is -0.398 e. The number of thioether (sulfide) groups is 1. The molecular weight excluding hydrogens is 250 g/mol. The highest BCUT2D eigenvalue weighted by Crippen LogP contribution is 2.31. The smallest absolute Gasteiger partial charge is 0.0646 e. The van der Waals surface area contributed by atoms with Gasteiger partial charge in [-0.2, -0.15) is 0 Å². The van der Waals surface area contributed by atoms with Gasteiger partial charge in [-0.3, -0.25) is 0 Å². The lowest BCUT2D eigenvalue weighted by molar-refractivity contribution is 0.351. The summed E-state index contributed by atoms with van der Waals surface area (Å²) < 4.78 is 0. The van der Waals surface area contributed by atoms with Gasteiger partial charge in [0, 0.05) is 4.90 Å². The first-order chi connectivity index (χ1) is 8.25. The van der Waals surface area contributed by atoms with Crippen molar-refractivity contribution in [2.75, 3.05) is 11.5 Å². The van der Waals surface area contributed by atoms with Crippen LogP contribution in [0.5, 0.6) is 0 Å². The van der Waals surface area contributed by atoms with E-state index < -0.39 is 0 Å². The summed E-state index contributed by atoms with van der Waals surface area (Å²) in [7, 11) is 0. The van der Waals surface area contributed by atoms with Crippen molar-refractivity contribution in [1.82, 2.24) is 0 Å². The molecule has 0 saturated heterocycles. The zero-order valence-corrected chi connectivity index (χ0v) is 11.7. The highest BCUT2D eigenvalue weighted by Gasteiger charge is 2.12. The molecule has 0 unspecified atom stereocenters. The van der Waals surface area contributed by atoms with Crippen LogP contribution in [0.3, 0.4) is 0 Å². The molecule has 1 aliphatic carbocycles. The van der Waals surface area contributed by atoms with E-state index in [-0.39, 0.29) is 0 Å². The Hall–Kier alpha value is -0.340. The van der Waals surface area contributed by atoms with E-state index in [1.54, 1.807) is 0 Å². The van der Waals surface area contributed by atoms with Crippen molar-refractivity contribution >= 4 is 29.1 Å². The molecule has 0 atom stereocenters. The topological polar surface area (TPSA) is 26.0 Å². The second-order valence-electron chi connectivity index (χ2n) is 4.82. The molecule has 1 saturated carbocycles. The molecule has 0 amide bonds. The predicted octanol–water partition coefficient (Wildman–Crippen LogP) is 4.98. The van der Waals surface area contributed by atoms with E-state index in [1.807, 2.05) is 23.9 Å². The minimum absolute atomic E-state index is 0.670. The molecule has 0 radical (unpaired) electrons. The van der Waals surface area contributed by atoms with Crippen LogP contribution in [0.2, 0.25) is 5.02 Å². The quantitative estimate of drug-likeness (QED) is 0.616. The summed E-state index contributed by atoms with van der Waals surface area (Å²) in [5.74, 6) is 2.16. The molecule has 94 valence electrons. The molecular formula is C14H20ClNS. The maximum Gasteiger partial charge on any atom is 0.0646 e. The molecule has 3 heteroatoms. The third-order valence-corrected chi connectivity index (χ3v) is 4.85. The lowest BCUT2D eigenvalue weighted by Gasteiger charge is -2.21. The van der Waals surface area contributed by atoms with Crippen molar-refractivity contribution in [1.29, 1.82) is 0 Å². The SMILES string of the molecule is Nc1ccc(SCCC2CCCCC2)cc1Cl. The summed E-state index contributed by atoms with van der Waals surface area (Å²) >= 11 is 7.90. The fourth-order valence-corrected chi connectivity index (χ4v) is 3.71. The molecule has 2 N–H and O–H groups in total. The van der Waals surface area contributed by atoms with Gasteiger partial charge in [-0.25, -0.2) is 0 Å². The number of benzene rings is 1. The van der Waals surface area contributed by atoms with Crippen LogP contribution in [0.15, 0.2) is 23.1 Å². The van der Waals surface area contributed by atoms with Crippen LogP contribution < -0.4 is 5.73 Å². The van der Waals surface area contributed by atoms with Crippen molar-refractivity contribution < 1.29 is 0 Å². The van der Waals surface area contributed by atoms with Crippen LogP contribution in [-0.2, 0) is 0 Å². The van der Waals surface area contributed by atoms with E-state index in [0.717, 1.165) is 5.92 Å². The van der Waals surface area contributed by atoms with Gasteiger partial charge in [0.2, 0.25) is 0 Å². The Balaban J connectivity index is 1.75. The standard InChI is InChI=1S/C14H20ClNS/c15-13-10-12(6-7-14(13)16)17-9-8-11-4-2-1-3-5-11/h6-7,10-11H,1-5,8-9,16H2. The van der Waals surface area contributed by atoms with Crippen molar-refractivity contribution in [2.45, 2.75) is 43.4 Å². The van der Waals surface area contributed by atoms with Crippen LogP contribution in [0, 0.1) is 5.92 Å². The normalized spacial score (nSPS) is 17.2. The van der Waals surface area contributed by atoms with Crippen LogP contribution in [-0.4, -0.2) is 5.75 Å². The molecule has 1 aromatic carbocycles. The van der Waals surface area contributed by atoms with Gasteiger partial charge in [0.05, 0.1) is 10.7 Å². The number of hydrogen-bond acceptors (Lipinski definition) is 2. The van der Waals surface area contributed by atoms with Crippen LogP contribution >= 0.6 is 23.4 Å². The fourth-order valence-electron chi connectivity index (χ4n) is 2.42. The Morgan fingerprint density at radius 2 is 2.00 bits per heavy atom. The molecule has 0 heterocycles. The largest absolute Gasteiger partial charge is 0.398 e. The predicted molar refractivity (Wildman–Crippen MR) is 77.8 cm³/mol. The van der Waals surface area contributed by atoms with Gasteiger partial charge in [0.25, 0.3) is 0 Å². The zero-order valence-electron chi connectivity index (χ0n) is 10.1. The van der Waals surface area contributed by atoms with Crippen molar-refractivity contribution in [3.8, 4) is 0 Å². The van der Waals surface area contributed by atoms with Crippen LogP contribution in [0.25, 0.3) is 0 Å². The lowest BCUT2D eigenvalue weighted by Crippen LogP contribution is -2.06. The Morgan fingerprint density at radius 1 is 1.24 bits per heavy atom. The number of rotatable bonds is 4. The van der Waals surface area contributed by atoms with Gasteiger partial charge in [-0.1, -0.05) is 43.7 Å². The van der Waals surface area contributed by atoms with Gasteiger partial charge in [0.1, 0.15) is 0 Å². The first kappa shape index (κ1) is 13.1. The van der Waals surface area contributed by atoms with Gasteiger partial charge in [0.15, 0.2) is 0 Å². The Labute approximate surface area is 113 Å². The highest BCUT2D eigenvalue weighted by molar-refractivity contribution is 7.99. The second kappa shape index (κ2) is 6.55. The summed E-state index contributed by atoms with van der Waals surface area (Å²) in [6.45, 7) is 0. The molecule has 0 aromatic heterocycles. The van der Waals surface area contributed by atoms with Gasteiger partial charge >= 0.3 is 0 Å². The van der Waals surface area contributed by atoms with Crippen molar-refractivity contribution in [2.24, 2.45) is 5.92 Å². The van der Waals surface area contributed by atoms with Crippen LogP contribution in [0.4, 0.5) is 5.69 Å². The highest BCUT2D eigenvalue weighted by atomic mass is 35.5. The maximum absolute atomic E-state index is 6.00. The molecule has 0 spiro atoms. The number of anilines is 1. The molecule has 2 rings (SSSR count). The van der Waals surface area contributed by atoms with Crippen LogP contribution in [0.1, 0.15) is 38.5 Å². The summed E-state index contributed by atoms with van der Waals surface area (Å²) in [5.41, 5.74) is 6.36. The zero-order chi connectivity index (χ0) is 12.1. The van der Waals surface area contributed by atoms with Crippen molar-refractivity contribution in [3.63, 3.8) is 0 Å². The molecule has 1 aromatic rings. The number of nitrogens with two attached hydrogens (primary N) is 1. The molecule has 0 bridgehead atoms. The third kappa shape index (κ3) is 4.11. The molecule has 1 nitrogen and oxygen atoms in total. The first-order valence-corrected chi connectivity index (χ1v) is 7.80. The first-order valence-electron chi connectivity index (χ1n) is 6.43. The van der Waals surface area contributed by atoms with E-state index in [1.165, 1.54) is 49.2 Å². The minimum atomic E-state index is 0.670. The Morgan fingerprint density at radius 3 is 2.71 bits per heavy atom. The number of nitrogen functional groups attached to an aromatic ring is 1.